The molecule has 0 spiro atoms. The Morgan fingerprint density at radius 1 is 1.29 bits per heavy atom. The number of hydrogen-bond donors (Lipinski definition) is 1. The Morgan fingerprint density at radius 2 is 2.00 bits per heavy atom. The number of aromatic nitrogens is 2. The second kappa shape index (κ2) is 7.18. The van der Waals surface area contributed by atoms with E-state index in [0.29, 0.717) is 16.9 Å². The fraction of sp³-hybridized carbons (Fsp3) is 0.438. The van der Waals surface area contributed by atoms with Gasteiger partial charge in [-0.2, -0.15) is 5.10 Å². The highest BCUT2D eigenvalue weighted by molar-refractivity contribution is 9.10. The molecule has 1 unspecified atom stereocenters. The lowest BCUT2D eigenvalue weighted by molar-refractivity contribution is 0.424. The lowest BCUT2D eigenvalue weighted by Gasteiger charge is -2.14. The van der Waals surface area contributed by atoms with Gasteiger partial charge in [0.1, 0.15) is 5.82 Å². The monoisotopic (exact) mass is 353 g/mol. The van der Waals surface area contributed by atoms with Gasteiger partial charge in [-0.3, -0.25) is 4.68 Å². The van der Waals surface area contributed by atoms with Crippen LogP contribution in [0.2, 0.25) is 0 Å². The topological polar surface area (TPSA) is 43.8 Å². The van der Waals surface area contributed by atoms with E-state index in [1.165, 1.54) is 6.07 Å². The summed E-state index contributed by atoms with van der Waals surface area (Å²) < 4.78 is 16.0. The fourth-order valence-corrected chi connectivity index (χ4v) is 3.05. The van der Waals surface area contributed by atoms with Crippen LogP contribution in [0.3, 0.4) is 0 Å². The average Bonchev–Trinajstić information content (AvgIpc) is 2.91. The fourth-order valence-electron chi connectivity index (χ4n) is 2.49. The van der Waals surface area contributed by atoms with Crippen molar-refractivity contribution >= 4 is 15.9 Å². The summed E-state index contributed by atoms with van der Waals surface area (Å²) in [6.07, 6.45) is 4.70. The highest BCUT2D eigenvalue weighted by atomic mass is 79.9. The van der Waals surface area contributed by atoms with Gasteiger partial charge in [0, 0.05) is 18.7 Å². The van der Waals surface area contributed by atoms with Crippen LogP contribution in [0.4, 0.5) is 4.39 Å². The molecule has 2 N–H and O–H groups in total. The third-order valence-corrected chi connectivity index (χ3v) is 4.63. The molecule has 0 fully saturated rings. The molecule has 0 saturated heterocycles. The average molecular weight is 354 g/mol. The van der Waals surface area contributed by atoms with Crippen molar-refractivity contribution in [3.8, 4) is 0 Å². The first-order valence-corrected chi connectivity index (χ1v) is 8.09. The first-order valence-electron chi connectivity index (χ1n) is 7.30. The summed E-state index contributed by atoms with van der Waals surface area (Å²) in [5.74, 6) is -0.287. The molecule has 2 rings (SSSR count). The first kappa shape index (κ1) is 16.2. The Labute approximate surface area is 133 Å². The number of benzene rings is 1. The van der Waals surface area contributed by atoms with Crippen LogP contribution in [0.1, 0.15) is 50.0 Å². The second-order valence-electron chi connectivity index (χ2n) is 5.21. The highest BCUT2D eigenvalue weighted by Crippen LogP contribution is 2.27. The quantitative estimate of drug-likeness (QED) is 0.836. The van der Waals surface area contributed by atoms with Crippen molar-refractivity contribution in [3.63, 3.8) is 0 Å². The van der Waals surface area contributed by atoms with Crippen molar-refractivity contribution in [1.82, 2.24) is 9.78 Å². The van der Waals surface area contributed by atoms with Crippen LogP contribution in [0.5, 0.6) is 0 Å². The molecule has 1 aromatic heterocycles. The Hall–Kier alpha value is -1.20. The van der Waals surface area contributed by atoms with Crippen LogP contribution >= 0.6 is 15.9 Å². The molecule has 1 heterocycles. The smallest absolute Gasteiger partial charge is 0.137 e. The van der Waals surface area contributed by atoms with Gasteiger partial charge in [-0.1, -0.05) is 26.0 Å². The van der Waals surface area contributed by atoms with Crippen LogP contribution in [-0.2, 0) is 6.42 Å². The Balaban J connectivity index is 2.13. The summed E-state index contributed by atoms with van der Waals surface area (Å²) in [6, 6.07) is 7.08. The van der Waals surface area contributed by atoms with Crippen molar-refractivity contribution in [3.05, 3.63) is 52.0 Å². The molecule has 0 radical (unpaired) electrons. The number of halogens is 2. The SMILES string of the molecule is CCC(CC)n1ccc(CC(N)c2cccc(F)c2Br)n1. The van der Waals surface area contributed by atoms with E-state index < -0.39 is 0 Å². The van der Waals surface area contributed by atoms with E-state index in [1.54, 1.807) is 6.07 Å². The number of nitrogens with zero attached hydrogens (tertiary/aromatic N) is 2. The predicted octanol–water partition coefficient (Wildman–Crippen LogP) is 4.39. The molecule has 5 heteroatoms. The maximum atomic E-state index is 13.6. The largest absolute Gasteiger partial charge is 0.324 e. The maximum Gasteiger partial charge on any atom is 0.137 e. The highest BCUT2D eigenvalue weighted by Gasteiger charge is 2.15. The minimum atomic E-state index is -0.287. The zero-order valence-corrected chi connectivity index (χ0v) is 14.0. The van der Waals surface area contributed by atoms with E-state index in [-0.39, 0.29) is 11.9 Å². The van der Waals surface area contributed by atoms with Crippen molar-refractivity contribution in [2.75, 3.05) is 0 Å². The van der Waals surface area contributed by atoms with E-state index in [1.807, 2.05) is 23.0 Å². The van der Waals surface area contributed by atoms with Crippen LogP contribution < -0.4 is 5.73 Å². The van der Waals surface area contributed by atoms with Gasteiger partial charge < -0.3 is 5.73 Å². The minimum absolute atomic E-state index is 0.278. The molecule has 1 aromatic carbocycles. The first-order chi connectivity index (χ1) is 10.1. The van der Waals surface area contributed by atoms with Crippen molar-refractivity contribution in [2.45, 2.75) is 45.2 Å². The Kier molecular flexibility index (Phi) is 5.53. The van der Waals surface area contributed by atoms with Gasteiger partial charge in [0.25, 0.3) is 0 Å². The van der Waals surface area contributed by atoms with Crippen molar-refractivity contribution in [2.24, 2.45) is 5.73 Å². The molecule has 0 amide bonds. The van der Waals surface area contributed by atoms with E-state index in [0.717, 1.165) is 24.1 Å². The molecule has 0 aliphatic heterocycles. The van der Waals surface area contributed by atoms with Crippen molar-refractivity contribution in [1.29, 1.82) is 0 Å². The number of nitrogens with two attached hydrogens (primary N) is 1. The Bertz CT molecular complexity index is 593. The van der Waals surface area contributed by atoms with E-state index in [2.05, 4.69) is 34.9 Å². The van der Waals surface area contributed by atoms with Crippen molar-refractivity contribution < 1.29 is 4.39 Å². The summed E-state index contributed by atoms with van der Waals surface area (Å²) in [4.78, 5) is 0. The van der Waals surface area contributed by atoms with E-state index in [4.69, 9.17) is 5.73 Å². The van der Waals surface area contributed by atoms with Gasteiger partial charge in [-0.15, -0.1) is 0 Å². The van der Waals surface area contributed by atoms with Gasteiger partial charge in [-0.05, 0) is 46.5 Å². The summed E-state index contributed by atoms with van der Waals surface area (Å²) in [5.41, 5.74) is 7.91. The molecular weight excluding hydrogens is 333 g/mol. The van der Waals surface area contributed by atoms with Crippen LogP contribution in [0.15, 0.2) is 34.9 Å². The summed E-state index contributed by atoms with van der Waals surface area (Å²) in [5, 5.41) is 4.60. The van der Waals surface area contributed by atoms with E-state index >= 15 is 0 Å². The molecule has 21 heavy (non-hydrogen) atoms. The molecule has 0 aliphatic carbocycles. The lowest BCUT2D eigenvalue weighted by atomic mass is 10.0. The van der Waals surface area contributed by atoms with Crippen LogP contribution in [0.25, 0.3) is 0 Å². The van der Waals surface area contributed by atoms with Gasteiger partial charge in [0.2, 0.25) is 0 Å². The molecule has 114 valence electrons. The Morgan fingerprint density at radius 3 is 2.67 bits per heavy atom. The summed E-state index contributed by atoms with van der Waals surface area (Å²) in [6.45, 7) is 4.32. The molecule has 2 aromatic rings. The molecule has 0 bridgehead atoms. The standard InChI is InChI=1S/C16H21BrFN3/c1-3-12(4-2)21-9-8-11(20-21)10-15(19)13-6-5-7-14(18)16(13)17/h5-9,12,15H,3-4,10,19H2,1-2H3. The lowest BCUT2D eigenvalue weighted by Crippen LogP contribution is -2.15. The number of hydrogen-bond acceptors (Lipinski definition) is 2. The summed E-state index contributed by atoms with van der Waals surface area (Å²) >= 11 is 3.26. The number of rotatable bonds is 6. The third-order valence-electron chi connectivity index (χ3n) is 3.79. The zero-order valence-electron chi connectivity index (χ0n) is 12.4. The molecule has 1 atom stereocenters. The molecular formula is C16H21BrFN3. The summed E-state index contributed by atoms with van der Waals surface area (Å²) in [7, 11) is 0. The van der Waals surface area contributed by atoms with Crippen LogP contribution in [0, 0.1) is 5.82 Å². The van der Waals surface area contributed by atoms with Gasteiger partial charge >= 0.3 is 0 Å². The normalized spacial score (nSPS) is 12.9. The third kappa shape index (κ3) is 3.71. The molecule has 3 nitrogen and oxygen atoms in total. The van der Waals surface area contributed by atoms with Gasteiger partial charge in [0.05, 0.1) is 16.2 Å². The maximum absolute atomic E-state index is 13.6. The molecule has 0 aliphatic rings. The van der Waals surface area contributed by atoms with Gasteiger partial charge in [-0.25, -0.2) is 4.39 Å². The van der Waals surface area contributed by atoms with E-state index in [9.17, 15) is 4.39 Å². The predicted molar refractivity (Wildman–Crippen MR) is 86.6 cm³/mol. The minimum Gasteiger partial charge on any atom is -0.324 e. The second-order valence-corrected chi connectivity index (χ2v) is 6.00. The van der Waals surface area contributed by atoms with Gasteiger partial charge in [0.15, 0.2) is 0 Å². The molecule has 0 saturated carbocycles. The van der Waals surface area contributed by atoms with Crippen LogP contribution in [-0.4, -0.2) is 9.78 Å². The zero-order chi connectivity index (χ0) is 15.4.